The second-order valence-corrected chi connectivity index (χ2v) is 7.28. The Bertz CT molecular complexity index is 754. The standard InChI is InChI=1S/C20H23NO3S/c1-14-17-13-16(24-2)9-8-15(17)10-11-21(14)20(23)7-3-5-18(22)19-6-4-12-25-19/h4,6,8-9,12-14H,3,5,7,10-11H2,1-2H3. The van der Waals surface area contributed by atoms with Gasteiger partial charge in [0.2, 0.25) is 5.91 Å². The Balaban J connectivity index is 1.58. The minimum atomic E-state index is 0.0411. The highest BCUT2D eigenvalue weighted by atomic mass is 32.1. The van der Waals surface area contributed by atoms with Crippen molar-refractivity contribution < 1.29 is 14.3 Å². The molecule has 132 valence electrons. The molecule has 0 N–H and O–H groups in total. The quantitative estimate of drug-likeness (QED) is 0.726. The van der Waals surface area contributed by atoms with E-state index in [0.29, 0.717) is 19.3 Å². The van der Waals surface area contributed by atoms with Gasteiger partial charge in [0.25, 0.3) is 0 Å². The molecular weight excluding hydrogens is 334 g/mol. The van der Waals surface area contributed by atoms with Gasteiger partial charge in [-0.15, -0.1) is 11.3 Å². The molecule has 5 heteroatoms. The van der Waals surface area contributed by atoms with E-state index < -0.39 is 0 Å². The number of ether oxygens (including phenoxy) is 1. The molecule has 1 unspecified atom stereocenters. The number of fused-ring (bicyclic) bond motifs is 1. The molecule has 25 heavy (non-hydrogen) atoms. The van der Waals surface area contributed by atoms with Crippen molar-refractivity contribution in [2.45, 2.75) is 38.6 Å². The minimum Gasteiger partial charge on any atom is -0.497 e. The zero-order chi connectivity index (χ0) is 17.8. The van der Waals surface area contributed by atoms with Gasteiger partial charge in [0.1, 0.15) is 5.75 Å². The number of Topliss-reactive ketones (excluding diaryl/α,β-unsaturated/α-hetero) is 1. The molecule has 1 aliphatic heterocycles. The lowest BCUT2D eigenvalue weighted by Crippen LogP contribution is -2.38. The number of hydrogen-bond donors (Lipinski definition) is 0. The van der Waals surface area contributed by atoms with Crippen LogP contribution in [-0.4, -0.2) is 30.2 Å². The van der Waals surface area contributed by atoms with Gasteiger partial charge in [0, 0.05) is 19.4 Å². The van der Waals surface area contributed by atoms with Gasteiger partial charge in [-0.25, -0.2) is 0 Å². The lowest BCUT2D eigenvalue weighted by Gasteiger charge is -2.35. The van der Waals surface area contributed by atoms with Gasteiger partial charge in [-0.3, -0.25) is 9.59 Å². The average Bonchev–Trinajstić information content (AvgIpc) is 3.16. The van der Waals surface area contributed by atoms with Crippen LogP contribution in [0.5, 0.6) is 5.75 Å². The number of thiophene rings is 1. The number of carbonyl (C=O) groups excluding carboxylic acids is 2. The van der Waals surface area contributed by atoms with E-state index in [4.69, 9.17) is 4.74 Å². The molecule has 3 rings (SSSR count). The Kier molecular flexibility index (Phi) is 5.53. The van der Waals surface area contributed by atoms with Crippen LogP contribution < -0.4 is 4.74 Å². The number of hydrogen-bond acceptors (Lipinski definition) is 4. The first-order chi connectivity index (χ1) is 12.1. The second-order valence-electron chi connectivity index (χ2n) is 6.33. The maximum Gasteiger partial charge on any atom is 0.223 e. The van der Waals surface area contributed by atoms with Crippen LogP contribution in [0.4, 0.5) is 0 Å². The lowest BCUT2D eigenvalue weighted by atomic mass is 9.93. The predicted octanol–water partition coefficient (Wildman–Crippen LogP) is 4.26. The van der Waals surface area contributed by atoms with Crippen molar-refractivity contribution in [1.29, 1.82) is 0 Å². The number of amides is 1. The summed E-state index contributed by atoms with van der Waals surface area (Å²) in [5.41, 5.74) is 2.44. The second kappa shape index (κ2) is 7.83. The molecule has 0 aliphatic carbocycles. The van der Waals surface area contributed by atoms with Crippen molar-refractivity contribution >= 4 is 23.0 Å². The summed E-state index contributed by atoms with van der Waals surface area (Å²) >= 11 is 1.46. The lowest BCUT2D eigenvalue weighted by molar-refractivity contribution is -0.133. The molecule has 2 heterocycles. The SMILES string of the molecule is COc1ccc2c(c1)C(C)N(C(=O)CCCC(=O)c1cccs1)CC2. The Morgan fingerprint density at radius 1 is 1.28 bits per heavy atom. The van der Waals surface area contributed by atoms with Gasteiger partial charge in [0.05, 0.1) is 18.0 Å². The molecule has 4 nitrogen and oxygen atoms in total. The summed E-state index contributed by atoms with van der Waals surface area (Å²) in [5.74, 6) is 1.07. The molecule has 0 spiro atoms. The fourth-order valence-electron chi connectivity index (χ4n) is 3.36. The van der Waals surface area contributed by atoms with Gasteiger partial charge in [0.15, 0.2) is 5.78 Å². The average molecular weight is 357 g/mol. The van der Waals surface area contributed by atoms with Crippen LogP contribution in [0.1, 0.15) is 53.0 Å². The van der Waals surface area contributed by atoms with Crippen molar-refractivity contribution in [1.82, 2.24) is 4.90 Å². The zero-order valence-corrected chi connectivity index (χ0v) is 15.5. The van der Waals surface area contributed by atoms with Crippen molar-refractivity contribution in [2.24, 2.45) is 0 Å². The predicted molar refractivity (Wildman–Crippen MR) is 99.3 cm³/mol. The summed E-state index contributed by atoms with van der Waals surface area (Å²) in [6.07, 6.45) is 2.31. The zero-order valence-electron chi connectivity index (χ0n) is 14.7. The van der Waals surface area contributed by atoms with Crippen LogP contribution in [0, 0.1) is 0 Å². The number of methoxy groups -OCH3 is 1. The number of rotatable bonds is 6. The molecule has 0 fully saturated rings. The Morgan fingerprint density at radius 2 is 2.12 bits per heavy atom. The first kappa shape index (κ1) is 17.7. The van der Waals surface area contributed by atoms with Gasteiger partial charge in [-0.05, 0) is 54.5 Å². The Labute approximate surface area is 152 Å². The number of benzene rings is 1. The summed E-state index contributed by atoms with van der Waals surface area (Å²) in [6, 6.07) is 9.85. The number of ketones is 1. The van der Waals surface area contributed by atoms with Crippen LogP contribution in [0.25, 0.3) is 0 Å². The highest BCUT2D eigenvalue weighted by Crippen LogP contribution is 2.32. The molecular formula is C20H23NO3S. The van der Waals surface area contributed by atoms with E-state index in [2.05, 4.69) is 13.0 Å². The molecule has 1 aliphatic rings. The van der Waals surface area contributed by atoms with Crippen molar-refractivity contribution in [2.75, 3.05) is 13.7 Å². The summed E-state index contributed by atoms with van der Waals surface area (Å²) in [4.78, 5) is 27.4. The molecule has 1 aromatic carbocycles. The van der Waals surface area contributed by atoms with Crippen molar-refractivity contribution in [3.63, 3.8) is 0 Å². The summed E-state index contributed by atoms with van der Waals surface area (Å²) < 4.78 is 5.31. The highest BCUT2D eigenvalue weighted by molar-refractivity contribution is 7.12. The van der Waals surface area contributed by atoms with Gasteiger partial charge >= 0.3 is 0 Å². The van der Waals surface area contributed by atoms with Crippen LogP contribution in [0.15, 0.2) is 35.7 Å². The van der Waals surface area contributed by atoms with E-state index in [1.165, 1.54) is 16.9 Å². The normalized spacial score (nSPS) is 16.4. The Morgan fingerprint density at radius 3 is 2.84 bits per heavy atom. The van der Waals surface area contributed by atoms with Gasteiger partial charge in [-0.1, -0.05) is 12.1 Å². The number of nitrogens with zero attached hydrogens (tertiary/aromatic N) is 1. The van der Waals surface area contributed by atoms with Crippen LogP contribution >= 0.6 is 11.3 Å². The summed E-state index contributed by atoms with van der Waals surface area (Å²) in [7, 11) is 1.66. The summed E-state index contributed by atoms with van der Waals surface area (Å²) in [6.45, 7) is 2.80. The molecule has 0 saturated heterocycles. The first-order valence-corrected chi connectivity index (χ1v) is 9.51. The molecule has 0 radical (unpaired) electrons. The fourth-order valence-corrected chi connectivity index (χ4v) is 4.06. The monoisotopic (exact) mass is 357 g/mol. The molecule has 1 aromatic heterocycles. The first-order valence-electron chi connectivity index (χ1n) is 8.63. The fraction of sp³-hybridized carbons (Fsp3) is 0.400. The maximum absolute atomic E-state index is 12.6. The molecule has 0 bridgehead atoms. The molecule has 1 amide bonds. The van der Waals surface area contributed by atoms with E-state index in [1.54, 1.807) is 7.11 Å². The number of carbonyl (C=O) groups is 2. The highest BCUT2D eigenvalue weighted by Gasteiger charge is 2.27. The molecule has 0 saturated carbocycles. The topological polar surface area (TPSA) is 46.6 Å². The van der Waals surface area contributed by atoms with Gasteiger partial charge in [-0.2, -0.15) is 0 Å². The summed E-state index contributed by atoms with van der Waals surface area (Å²) in [5, 5.41) is 1.90. The molecule has 1 atom stereocenters. The smallest absolute Gasteiger partial charge is 0.223 e. The van der Waals surface area contributed by atoms with Crippen molar-refractivity contribution in [3.8, 4) is 5.75 Å². The van der Waals surface area contributed by atoms with Crippen molar-refractivity contribution in [3.05, 3.63) is 51.7 Å². The Hall–Kier alpha value is -2.14. The third-order valence-electron chi connectivity index (χ3n) is 4.80. The van der Waals surface area contributed by atoms with Crippen LogP contribution in [-0.2, 0) is 11.2 Å². The van der Waals surface area contributed by atoms with E-state index >= 15 is 0 Å². The largest absolute Gasteiger partial charge is 0.497 e. The van der Waals surface area contributed by atoms with E-state index in [0.717, 1.165) is 29.2 Å². The van der Waals surface area contributed by atoms with E-state index in [-0.39, 0.29) is 17.7 Å². The maximum atomic E-state index is 12.6. The van der Waals surface area contributed by atoms with E-state index in [9.17, 15) is 9.59 Å². The van der Waals surface area contributed by atoms with Crippen LogP contribution in [0.2, 0.25) is 0 Å². The third-order valence-corrected chi connectivity index (χ3v) is 5.71. The van der Waals surface area contributed by atoms with Gasteiger partial charge < -0.3 is 9.64 Å². The van der Waals surface area contributed by atoms with Crippen LogP contribution in [0.3, 0.4) is 0 Å². The molecule has 2 aromatic rings. The third kappa shape index (κ3) is 3.93. The minimum absolute atomic E-state index is 0.0411. The van der Waals surface area contributed by atoms with E-state index in [1.807, 2.05) is 34.5 Å².